The number of amides is 2. The van der Waals surface area contributed by atoms with Gasteiger partial charge >= 0.3 is 0 Å². The van der Waals surface area contributed by atoms with Crippen molar-refractivity contribution in [2.24, 2.45) is 0 Å². The second-order valence-electron chi connectivity index (χ2n) is 5.54. The van der Waals surface area contributed by atoms with Gasteiger partial charge in [0.1, 0.15) is 0 Å². The molecule has 0 aliphatic carbocycles. The van der Waals surface area contributed by atoms with E-state index in [1.54, 1.807) is 41.3 Å². The molecule has 0 aliphatic heterocycles. The number of aromatic nitrogens is 2. The smallest absolute Gasteiger partial charge is 0.251 e. The molecule has 0 aliphatic rings. The highest BCUT2D eigenvalue weighted by atomic mass is 32.2. The fourth-order valence-electron chi connectivity index (χ4n) is 2.25. The summed E-state index contributed by atoms with van der Waals surface area (Å²) in [5.74, 6) is 0.981. The maximum Gasteiger partial charge on any atom is 0.251 e. The van der Waals surface area contributed by atoms with Crippen molar-refractivity contribution in [3.05, 3.63) is 46.2 Å². The summed E-state index contributed by atoms with van der Waals surface area (Å²) in [4.78, 5) is 25.6. The summed E-state index contributed by atoms with van der Waals surface area (Å²) in [6.07, 6.45) is 0. The number of thiophene rings is 1. The van der Waals surface area contributed by atoms with Crippen LogP contribution >= 0.6 is 34.4 Å². The Morgan fingerprint density at radius 2 is 1.97 bits per heavy atom. The van der Waals surface area contributed by atoms with E-state index < -0.39 is 5.91 Å². The summed E-state index contributed by atoms with van der Waals surface area (Å²) < 4.78 is 11.1. The largest absolute Gasteiger partial charge is 0.493 e. The molecule has 0 radical (unpaired) electrons. The highest BCUT2D eigenvalue weighted by molar-refractivity contribution is 8.00. The molecule has 2 amide bonds. The van der Waals surface area contributed by atoms with Gasteiger partial charge in [0.2, 0.25) is 11.0 Å². The van der Waals surface area contributed by atoms with Crippen molar-refractivity contribution in [1.29, 1.82) is 0 Å². The summed E-state index contributed by atoms with van der Waals surface area (Å²) in [6, 6.07) is 8.83. The molecule has 0 spiro atoms. The lowest BCUT2D eigenvalue weighted by molar-refractivity contribution is -0.115. The molecule has 2 N–H and O–H groups in total. The van der Waals surface area contributed by atoms with E-state index in [0.717, 1.165) is 10.1 Å². The normalized spacial score (nSPS) is 10.4. The first-order valence-electron chi connectivity index (χ1n) is 8.38. The van der Waals surface area contributed by atoms with Crippen LogP contribution in [-0.4, -0.2) is 42.8 Å². The molecule has 2 aromatic heterocycles. The topological polar surface area (TPSA) is 102 Å². The molecular formula is C18H18N4O4S3. The van der Waals surface area contributed by atoms with Gasteiger partial charge in [0, 0.05) is 16.2 Å². The highest BCUT2D eigenvalue weighted by Crippen LogP contribution is 2.29. The lowest BCUT2D eigenvalue weighted by Crippen LogP contribution is -2.32. The summed E-state index contributed by atoms with van der Waals surface area (Å²) >= 11 is 4.54. The Morgan fingerprint density at radius 1 is 1.14 bits per heavy atom. The molecule has 0 unspecified atom stereocenters. The fourth-order valence-corrected chi connectivity index (χ4v) is 4.79. The van der Waals surface area contributed by atoms with Crippen LogP contribution in [0.5, 0.6) is 11.5 Å². The van der Waals surface area contributed by atoms with E-state index >= 15 is 0 Å². The second kappa shape index (κ2) is 10.2. The number of anilines is 1. The molecule has 0 atom stereocenters. The van der Waals surface area contributed by atoms with Crippen molar-refractivity contribution in [1.82, 2.24) is 15.5 Å². The van der Waals surface area contributed by atoms with Gasteiger partial charge in [-0.1, -0.05) is 29.2 Å². The first kappa shape index (κ1) is 21.1. The van der Waals surface area contributed by atoms with Crippen LogP contribution < -0.4 is 20.1 Å². The Balaban J connectivity index is 1.48. The standard InChI is InChI=1S/C18H18N4O4S3/c1-25-13-6-5-11(8-14(13)26-2)16(24)19-9-15(23)20-17-21-22-18(29-17)28-10-12-4-3-7-27-12/h3-8H,9-10H2,1-2H3,(H,19,24)(H,20,21,23). The third-order valence-electron chi connectivity index (χ3n) is 3.63. The number of thioether (sulfide) groups is 1. The van der Waals surface area contributed by atoms with Gasteiger partial charge in [0.05, 0.1) is 20.8 Å². The van der Waals surface area contributed by atoms with Gasteiger partial charge in [-0.05, 0) is 29.6 Å². The number of nitrogens with zero attached hydrogens (tertiary/aromatic N) is 2. The first-order chi connectivity index (χ1) is 14.1. The monoisotopic (exact) mass is 450 g/mol. The minimum absolute atomic E-state index is 0.190. The Kier molecular flexibility index (Phi) is 7.44. The van der Waals surface area contributed by atoms with Gasteiger partial charge in [-0.15, -0.1) is 21.5 Å². The summed E-state index contributed by atoms with van der Waals surface area (Å²) in [5.41, 5.74) is 0.360. The summed E-state index contributed by atoms with van der Waals surface area (Å²) in [5, 5.41) is 15.6. The third-order valence-corrected chi connectivity index (χ3v) is 6.71. The average molecular weight is 451 g/mol. The van der Waals surface area contributed by atoms with Crippen LogP contribution in [0.4, 0.5) is 5.13 Å². The molecule has 11 heteroatoms. The Labute approximate surface area is 179 Å². The molecule has 3 aromatic rings. The van der Waals surface area contributed by atoms with Gasteiger partial charge in [-0.25, -0.2) is 0 Å². The number of rotatable bonds is 9. The summed E-state index contributed by atoms with van der Waals surface area (Å²) in [6.45, 7) is -0.190. The Bertz CT molecular complexity index is 975. The van der Waals surface area contributed by atoms with Crippen molar-refractivity contribution in [2.75, 3.05) is 26.1 Å². The average Bonchev–Trinajstić information content (AvgIpc) is 3.41. The van der Waals surface area contributed by atoms with Crippen molar-refractivity contribution in [2.45, 2.75) is 10.1 Å². The van der Waals surface area contributed by atoms with E-state index in [4.69, 9.17) is 9.47 Å². The van der Waals surface area contributed by atoms with Gasteiger partial charge in [-0.2, -0.15) is 0 Å². The Morgan fingerprint density at radius 3 is 2.69 bits per heavy atom. The zero-order valence-electron chi connectivity index (χ0n) is 15.6. The van der Waals surface area contributed by atoms with E-state index in [1.807, 2.05) is 11.4 Å². The van der Waals surface area contributed by atoms with Crippen LogP contribution in [0.2, 0.25) is 0 Å². The number of carbonyl (C=O) groups is 2. The summed E-state index contributed by atoms with van der Waals surface area (Å²) in [7, 11) is 3.00. The van der Waals surface area contributed by atoms with Gasteiger partial charge in [0.15, 0.2) is 15.8 Å². The van der Waals surface area contributed by atoms with Gasteiger partial charge < -0.3 is 14.8 Å². The number of benzene rings is 1. The number of hydrogen-bond acceptors (Lipinski definition) is 9. The zero-order valence-corrected chi connectivity index (χ0v) is 18.1. The zero-order chi connectivity index (χ0) is 20.6. The second-order valence-corrected chi connectivity index (χ2v) is 8.77. The first-order valence-corrected chi connectivity index (χ1v) is 11.1. The van der Waals surface area contributed by atoms with E-state index in [-0.39, 0.29) is 12.5 Å². The van der Waals surface area contributed by atoms with Gasteiger partial charge in [0.25, 0.3) is 5.91 Å². The number of methoxy groups -OCH3 is 2. The molecule has 152 valence electrons. The van der Waals surface area contributed by atoms with Crippen molar-refractivity contribution >= 4 is 51.4 Å². The lowest BCUT2D eigenvalue weighted by Gasteiger charge is -2.09. The van der Waals surface area contributed by atoms with Crippen LogP contribution in [0.15, 0.2) is 40.1 Å². The molecule has 3 rings (SSSR count). The number of nitrogens with one attached hydrogen (secondary N) is 2. The molecule has 0 bridgehead atoms. The molecule has 2 heterocycles. The maximum absolute atomic E-state index is 12.3. The van der Waals surface area contributed by atoms with Crippen LogP contribution in [0.1, 0.15) is 15.2 Å². The minimum atomic E-state index is -0.398. The Hall–Kier alpha value is -2.63. The minimum Gasteiger partial charge on any atom is -0.493 e. The lowest BCUT2D eigenvalue weighted by atomic mass is 10.2. The third kappa shape index (κ3) is 5.92. The SMILES string of the molecule is COc1ccc(C(=O)NCC(=O)Nc2nnc(SCc3cccs3)s2)cc1OC. The van der Waals surface area contributed by atoms with Gasteiger partial charge in [-0.3, -0.25) is 14.9 Å². The van der Waals surface area contributed by atoms with Crippen LogP contribution in [0.25, 0.3) is 0 Å². The van der Waals surface area contributed by atoms with Crippen molar-refractivity contribution in [3.8, 4) is 11.5 Å². The van der Waals surface area contributed by atoms with Crippen molar-refractivity contribution < 1.29 is 19.1 Å². The van der Waals surface area contributed by atoms with E-state index in [0.29, 0.717) is 22.2 Å². The number of ether oxygens (including phenoxy) is 2. The molecule has 0 saturated carbocycles. The number of hydrogen-bond donors (Lipinski definition) is 2. The molecular weight excluding hydrogens is 432 g/mol. The molecule has 0 fully saturated rings. The maximum atomic E-state index is 12.3. The van der Waals surface area contributed by atoms with Crippen LogP contribution in [0, 0.1) is 0 Å². The molecule has 29 heavy (non-hydrogen) atoms. The van der Waals surface area contributed by atoms with Crippen LogP contribution in [0.3, 0.4) is 0 Å². The molecule has 8 nitrogen and oxygen atoms in total. The van der Waals surface area contributed by atoms with Crippen molar-refractivity contribution in [3.63, 3.8) is 0 Å². The predicted molar refractivity (Wildman–Crippen MR) is 114 cm³/mol. The quantitative estimate of drug-likeness (QED) is 0.381. The van der Waals surface area contributed by atoms with E-state index in [1.165, 1.54) is 30.4 Å². The predicted octanol–water partition coefficient (Wildman–Crippen LogP) is 3.28. The van der Waals surface area contributed by atoms with E-state index in [2.05, 4.69) is 26.9 Å². The highest BCUT2D eigenvalue weighted by Gasteiger charge is 2.13. The fraction of sp³-hybridized carbons (Fsp3) is 0.222. The molecule has 1 aromatic carbocycles. The van der Waals surface area contributed by atoms with E-state index in [9.17, 15) is 9.59 Å². The molecule has 0 saturated heterocycles. The van der Waals surface area contributed by atoms with Crippen LogP contribution in [-0.2, 0) is 10.5 Å². The number of carbonyl (C=O) groups excluding carboxylic acids is 2.